The number of rotatable bonds is 7. The van der Waals surface area contributed by atoms with Gasteiger partial charge in [0, 0.05) is 6.54 Å². The summed E-state index contributed by atoms with van der Waals surface area (Å²) in [4.78, 5) is 12.7. The Labute approximate surface area is 162 Å². The lowest BCUT2D eigenvalue weighted by Gasteiger charge is -2.29. The molecule has 1 amide bonds. The number of anilines is 1. The summed E-state index contributed by atoms with van der Waals surface area (Å²) in [6, 6.07) is 14.6. The molecule has 0 spiro atoms. The van der Waals surface area contributed by atoms with Crippen molar-refractivity contribution >= 4 is 21.6 Å². The fraction of sp³-hybridized carbons (Fsp3) is 0.381. The molecule has 2 aromatic rings. The first kappa shape index (κ1) is 21.0. The first-order chi connectivity index (χ1) is 12.6. The summed E-state index contributed by atoms with van der Waals surface area (Å²) in [5, 5.41) is 2.89. The molecule has 0 aliphatic rings. The zero-order valence-corrected chi connectivity index (χ0v) is 17.4. The molecule has 6 heteroatoms. The number of carbonyl (C=O) groups is 1. The van der Waals surface area contributed by atoms with Gasteiger partial charge in [-0.1, -0.05) is 43.3 Å². The van der Waals surface area contributed by atoms with Gasteiger partial charge >= 0.3 is 0 Å². The maximum atomic E-state index is 12.7. The van der Waals surface area contributed by atoms with E-state index in [4.69, 9.17) is 0 Å². The van der Waals surface area contributed by atoms with E-state index >= 15 is 0 Å². The van der Waals surface area contributed by atoms with E-state index in [1.165, 1.54) is 4.31 Å². The Morgan fingerprint density at radius 2 is 1.59 bits per heavy atom. The molecule has 0 fully saturated rings. The molecular weight excluding hydrogens is 360 g/mol. The predicted molar refractivity (Wildman–Crippen MR) is 111 cm³/mol. The summed E-state index contributed by atoms with van der Waals surface area (Å²) < 4.78 is 26.0. The summed E-state index contributed by atoms with van der Waals surface area (Å²) in [5.74, 6) is -0.183. The normalized spacial score (nSPS) is 13.7. The van der Waals surface area contributed by atoms with Gasteiger partial charge in [-0.2, -0.15) is 0 Å². The summed E-state index contributed by atoms with van der Waals surface area (Å²) in [6.45, 7) is 7.89. The second-order valence-electron chi connectivity index (χ2n) is 7.14. The number of aryl methyl sites for hydroxylation is 2. The predicted octanol–water partition coefficient (Wildman–Crippen LogP) is 3.38. The Bertz CT molecular complexity index is 875. The minimum atomic E-state index is -3.61. The molecule has 0 aliphatic carbocycles. The first-order valence-corrected chi connectivity index (χ1v) is 10.8. The van der Waals surface area contributed by atoms with E-state index in [-0.39, 0.29) is 11.8 Å². The highest BCUT2D eigenvalue weighted by Crippen LogP contribution is 2.24. The summed E-state index contributed by atoms with van der Waals surface area (Å²) in [7, 11) is -3.61. The number of nitrogens with one attached hydrogen (secondary N) is 1. The lowest BCUT2D eigenvalue weighted by molar-refractivity contribution is -0.121. The molecule has 2 aromatic carbocycles. The van der Waals surface area contributed by atoms with Crippen LogP contribution in [0.15, 0.2) is 48.5 Å². The van der Waals surface area contributed by atoms with E-state index in [2.05, 4.69) is 5.32 Å². The molecule has 146 valence electrons. The van der Waals surface area contributed by atoms with Crippen molar-refractivity contribution < 1.29 is 13.2 Å². The maximum absolute atomic E-state index is 12.7. The minimum Gasteiger partial charge on any atom is -0.354 e. The van der Waals surface area contributed by atoms with E-state index in [1.807, 2.05) is 57.2 Å². The van der Waals surface area contributed by atoms with Gasteiger partial charge in [-0.3, -0.25) is 9.10 Å². The van der Waals surface area contributed by atoms with Gasteiger partial charge in [-0.15, -0.1) is 0 Å². The number of sulfonamides is 1. The molecule has 0 heterocycles. The Hall–Kier alpha value is -2.34. The van der Waals surface area contributed by atoms with Gasteiger partial charge in [-0.05, 0) is 55.5 Å². The highest BCUT2D eigenvalue weighted by Gasteiger charge is 2.29. The molecular formula is C21H28N2O3S. The van der Waals surface area contributed by atoms with Gasteiger partial charge in [0.25, 0.3) is 0 Å². The third-order valence-electron chi connectivity index (χ3n) is 4.50. The van der Waals surface area contributed by atoms with Crippen molar-refractivity contribution in [3.05, 3.63) is 65.2 Å². The topological polar surface area (TPSA) is 66.5 Å². The van der Waals surface area contributed by atoms with Gasteiger partial charge in [0.2, 0.25) is 15.9 Å². The van der Waals surface area contributed by atoms with Crippen LogP contribution in [0.2, 0.25) is 0 Å². The van der Waals surface area contributed by atoms with Crippen LogP contribution in [0.3, 0.4) is 0 Å². The Morgan fingerprint density at radius 1 is 1.04 bits per heavy atom. The third-order valence-corrected chi connectivity index (χ3v) is 5.74. The average Bonchev–Trinajstić information content (AvgIpc) is 2.58. The van der Waals surface area contributed by atoms with Crippen LogP contribution in [-0.2, 0) is 14.8 Å². The van der Waals surface area contributed by atoms with Gasteiger partial charge < -0.3 is 5.32 Å². The standard InChI is InChI=1S/C21H28N2O3S/c1-15-11-16(2)13-20(12-15)23(27(5,25)26)18(4)21(24)22-14-17(3)19-9-7-6-8-10-19/h6-13,17-18H,14H2,1-5H3,(H,22,24). The monoisotopic (exact) mass is 388 g/mol. The van der Waals surface area contributed by atoms with E-state index < -0.39 is 16.1 Å². The SMILES string of the molecule is Cc1cc(C)cc(N(C(C)C(=O)NCC(C)c2ccccc2)S(C)(=O)=O)c1. The average molecular weight is 389 g/mol. The van der Waals surface area contributed by atoms with Gasteiger partial charge in [-0.25, -0.2) is 8.42 Å². The molecule has 0 aliphatic heterocycles. The van der Waals surface area contributed by atoms with Crippen molar-refractivity contribution in [3.63, 3.8) is 0 Å². The molecule has 1 N–H and O–H groups in total. The number of nitrogens with zero attached hydrogens (tertiary/aromatic N) is 1. The zero-order valence-electron chi connectivity index (χ0n) is 16.6. The Morgan fingerprint density at radius 3 is 2.11 bits per heavy atom. The number of carbonyl (C=O) groups excluding carboxylic acids is 1. The second-order valence-corrected chi connectivity index (χ2v) is 9.00. The van der Waals surface area contributed by atoms with E-state index in [0.29, 0.717) is 12.2 Å². The van der Waals surface area contributed by atoms with Crippen molar-refractivity contribution in [2.24, 2.45) is 0 Å². The van der Waals surface area contributed by atoms with Crippen molar-refractivity contribution in [2.75, 3.05) is 17.1 Å². The summed E-state index contributed by atoms with van der Waals surface area (Å²) in [6.07, 6.45) is 1.13. The molecule has 2 unspecified atom stereocenters. The molecule has 0 saturated carbocycles. The van der Waals surface area contributed by atoms with E-state index in [0.717, 1.165) is 22.9 Å². The molecule has 0 bridgehead atoms. The van der Waals surface area contributed by atoms with Crippen LogP contribution in [0, 0.1) is 13.8 Å². The lowest BCUT2D eigenvalue weighted by atomic mass is 10.0. The molecule has 2 rings (SSSR count). The second kappa shape index (κ2) is 8.57. The highest BCUT2D eigenvalue weighted by atomic mass is 32.2. The quantitative estimate of drug-likeness (QED) is 0.791. The van der Waals surface area contributed by atoms with Crippen molar-refractivity contribution in [1.29, 1.82) is 0 Å². The number of hydrogen-bond acceptors (Lipinski definition) is 3. The Kier molecular flexibility index (Phi) is 6.65. The van der Waals surface area contributed by atoms with Crippen molar-refractivity contribution in [2.45, 2.75) is 39.7 Å². The van der Waals surface area contributed by atoms with Crippen molar-refractivity contribution in [3.8, 4) is 0 Å². The fourth-order valence-corrected chi connectivity index (χ4v) is 4.35. The van der Waals surface area contributed by atoms with Crippen LogP contribution in [0.1, 0.15) is 36.5 Å². The first-order valence-electron chi connectivity index (χ1n) is 9.00. The van der Waals surface area contributed by atoms with Gasteiger partial charge in [0.05, 0.1) is 11.9 Å². The smallest absolute Gasteiger partial charge is 0.243 e. The molecule has 27 heavy (non-hydrogen) atoms. The van der Waals surface area contributed by atoms with Crippen LogP contribution in [-0.4, -0.2) is 33.2 Å². The zero-order chi connectivity index (χ0) is 20.2. The molecule has 0 radical (unpaired) electrons. The Balaban J connectivity index is 2.17. The van der Waals surface area contributed by atoms with Crippen LogP contribution in [0.4, 0.5) is 5.69 Å². The highest BCUT2D eigenvalue weighted by molar-refractivity contribution is 7.92. The molecule has 0 saturated heterocycles. The van der Waals surface area contributed by atoms with Crippen LogP contribution >= 0.6 is 0 Å². The number of amides is 1. The molecule has 0 aromatic heterocycles. The maximum Gasteiger partial charge on any atom is 0.243 e. The van der Waals surface area contributed by atoms with Crippen LogP contribution in [0.5, 0.6) is 0 Å². The van der Waals surface area contributed by atoms with Crippen molar-refractivity contribution in [1.82, 2.24) is 5.32 Å². The lowest BCUT2D eigenvalue weighted by Crippen LogP contribution is -2.48. The van der Waals surface area contributed by atoms with Gasteiger partial charge in [0.1, 0.15) is 6.04 Å². The summed E-state index contributed by atoms with van der Waals surface area (Å²) >= 11 is 0. The summed E-state index contributed by atoms with van der Waals surface area (Å²) in [5.41, 5.74) is 3.53. The van der Waals surface area contributed by atoms with E-state index in [1.54, 1.807) is 19.1 Å². The molecule has 5 nitrogen and oxygen atoms in total. The molecule has 2 atom stereocenters. The van der Waals surface area contributed by atoms with E-state index in [9.17, 15) is 13.2 Å². The fourth-order valence-electron chi connectivity index (χ4n) is 3.19. The number of hydrogen-bond donors (Lipinski definition) is 1. The van der Waals surface area contributed by atoms with Crippen LogP contribution in [0.25, 0.3) is 0 Å². The third kappa shape index (κ3) is 5.57. The van der Waals surface area contributed by atoms with Gasteiger partial charge in [0.15, 0.2) is 0 Å². The number of benzene rings is 2. The largest absolute Gasteiger partial charge is 0.354 e. The minimum absolute atomic E-state index is 0.134. The van der Waals surface area contributed by atoms with Crippen LogP contribution < -0.4 is 9.62 Å².